The maximum Gasteiger partial charge on any atom is 0.407 e. The summed E-state index contributed by atoms with van der Waals surface area (Å²) in [4.78, 5) is 31.6. The Hall–Kier alpha value is 0.463. The molecule has 1 aromatic rings. The third-order valence-corrected chi connectivity index (χ3v) is 11.8. The minimum absolute atomic E-state index is 0. The number of hydrogen-bond acceptors (Lipinski definition) is 11. The van der Waals surface area contributed by atoms with E-state index in [0.29, 0.717) is 11.1 Å². The summed E-state index contributed by atoms with van der Waals surface area (Å²) in [5, 5.41) is 72.5. The van der Waals surface area contributed by atoms with Gasteiger partial charge in [0.1, 0.15) is 23.9 Å². The molecule has 5 rings (SSSR count). The van der Waals surface area contributed by atoms with Gasteiger partial charge in [-0.3, -0.25) is 10.1 Å². The molecule has 3 aliphatic carbocycles. The zero-order valence-electron chi connectivity index (χ0n) is 27.1. The standard InChI is InChI=1S/C32H45NO11.2Ac/c1-15-18(25(44-41)24(36)22(33-28(38)42-6)17-10-8-7-9-11-17)13-32(40)16(2)26-30(5,19(34)12-20-31(26,39)14-43-20)27(37)23(35)21(15)29(32,3)4;;/h7-11,16,18-20,22-26,34-36,39-41H,12-14H2,1-6H3,(H,33,38);;/t16?,18?,19?,20?,22?,23?,24?,25-,26?,30-,31?,32?;;/m1../s1. The molecule has 1 saturated heterocycles. The number of methoxy groups -OCH3 is 1. The van der Waals surface area contributed by atoms with Crippen LogP contribution in [0.15, 0.2) is 41.5 Å². The number of aliphatic hydroxyl groups excluding tert-OH is 3. The van der Waals surface area contributed by atoms with Crippen LogP contribution in [-0.2, 0) is 19.2 Å². The number of fused-ring (bicyclic) bond motifs is 5. The molecule has 1 aromatic carbocycles. The molecule has 2 bridgehead atoms. The van der Waals surface area contributed by atoms with E-state index in [9.17, 15) is 40.4 Å². The van der Waals surface area contributed by atoms with Gasteiger partial charge in [-0.25, -0.2) is 9.68 Å². The minimum atomic E-state index is -1.79. The van der Waals surface area contributed by atoms with Crippen LogP contribution in [0, 0.1) is 117 Å². The molecular weight excluding hydrogens is 1030 g/mol. The predicted molar refractivity (Wildman–Crippen MR) is 155 cm³/mol. The van der Waals surface area contributed by atoms with E-state index in [1.807, 2.05) is 0 Å². The summed E-state index contributed by atoms with van der Waals surface area (Å²) in [6.45, 7) is 8.23. The molecule has 1 amide bonds. The fourth-order valence-electron chi connectivity index (χ4n) is 9.20. The van der Waals surface area contributed by atoms with Crippen molar-refractivity contribution in [1.82, 2.24) is 5.32 Å². The first kappa shape index (κ1) is 40.9. The summed E-state index contributed by atoms with van der Waals surface area (Å²) in [6, 6.07) is 7.39. The van der Waals surface area contributed by atoms with Crippen LogP contribution in [0.3, 0.4) is 0 Å². The van der Waals surface area contributed by atoms with E-state index in [0.717, 1.165) is 0 Å². The van der Waals surface area contributed by atoms with E-state index >= 15 is 0 Å². The van der Waals surface area contributed by atoms with Crippen molar-refractivity contribution in [3.8, 4) is 0 Å². The fraction of sp³-hybridized carbons (Fsp3) is 0.688. The SMILES string of the molecule is COC(=O)NC(c1ccccc1)C(O)[C@H](OO)C1CC2(O)C(C)C3C4(O)COC4CC(O)[C@@]3(C)C(=O)C(O)C(=C1C)C2(C)C.[Ac].[Ac]. The number of hydrogen-bond donors (Lipinski definition) is 7. The molecule has 3 fully saturated rings. The Morgan fingerprint density at radius 1 is 1.11 bits per heavy atom. The van der Waals surface area contributed by atoms with Gasteiger partial charge in [-0.05, 0) is 37.3 Å². The molecule has 12 nitrogen and oxygen atoms in total. The molecule has 1 aliphatic heterocycles. The van der Waals surface area contributed by atoms with Gasteiger partial charge in [0.25, 0.3) is 0 Å². The first-order valence-electron chi connectivity index (χ1n) is 15.1. The van der Waals surface area contributed by atoms with Gasteiger partial charge in [-0.2, -0.15) is 0 Å². The van der Waals surface area contributed by atoms with E-state index in [4.69, 9.17) is 14.4 Å². The maximum absolute atomic E-state index is 14.3. The van der Waals surface area contributed by atoms with Crippen LogP contribution in [0.25, 0.3) is 0 Å². The summed E-state index contributed by atoms with van der Waals surface area (Å²) in [5.74, 6) is -3.53. The second kappa shape index (κ2) is 14.6. The number of ketones is 1. The summed E-state index contributed by atoms with van der Waals surface area (Å²) < 4.78 is 10.4. The Balaban J connectivity index is 0.00000288. The van der Waals surface area contributed by atoms with Gasteiger partial charge in [0.05, 0.1) is 43.0 Å². The fourth-order valence-corrected chi connectivity index (χ4v) is 9.20. The maximum atomic E-state index is 14.3. The second-order valence-corrected chi connectivity index (χ2v) is 13.9. The molecule has 10 unspecified atom stereocenters. The van der Waals surface area contributed by atoms with Gasteiger partial charge >= 0.3 is 6.09 Å². The molecule has 0 spiro atoms. The number of carbonyl (C=O) groups excluding carboxylic acids is 2. The number of alkyl carbamates (subject to hydrolysis) is 1. The van der Waals surface area contributed by atoms with Crippen molar-refractivity contribution < 1.29 is 143 Å². The van der Waals surface area contributed by atoms with E-state index in [-0.39, 0.29) is 113 Å². The molecule has 4 aliphatic rings. The smallest absolute Gasteiger partial charge is 0.407 e. The van der Waals surface area contributed by atoms with Crippen LogP contribution >= 0.6 is 0 Å². The summed E-state index contributed by atoms with van der Waals surface area (Å²) in [6.07, 6.45) is -7.82. The predicted octanol–water partition coefficient (Wildman–Crippen LogP) is 1.49. The number of rotatable bonds is 6. The van der Waals surface area contributed by atoms with Gasteiger partial charge < -0.3 is 40.3 Å². The molecule has 1 heterocycles. The van der Waals surface area contributed by atoms with E-state index < -0.39 is 88.2 Å². The quantitative estimate of drug-likeness (QED) is 0.124. The minimum Gasteiger partial charge on any atom is -0.453 e. The molecular formula is C32H45Ac2NO11. The molecule has 14 heteroatoms. The van der Waals surface area contributed by atoms with Crippen molar-refractivity contribution in [2.24, 2.45) is 28.6 Å². The van der Waals surface area contributed by atoms with Gasteiger partial charge in [0.15, 0.2) is 5.78 Å². The Labute approximate surface area is 340 Å². The first-order chi connectivity index (χ1) is 20.5. The van der Waals surface area contributed by atoms with E-state index in [1.54, 1.807) is 58.0 Å². The monoisotopic (exact) mass is 1070 g/mol. The van der Waals surface area contributed by atoms with Crippen LogP contribution in [-0.4, -0.2) is 98.1 Å². The number of carbonyl (C=O) groups is 2. The van der Waals surface area contributed by atoms with Crippen LogP contribution in [0.1, 0.15) is 59.1 Å². The summed E-state index contributed by atoms with van der Waals surface area (Å²) in [7, 11) is 1.17. The van der Waals surface area contributed by atoms with Crippen LogP contribution in [0.2, 0.25) is 0 Å². The van der Waals surface area contributed by atoms with E-state index in [1.165, 1.54) is 14.0 Å². The van der Waals surface area contributed by atoms with Crippen molar-refractivity contribution in [3.63, 3.8) is 0 Å². The van der Waals surface area contributed by atoms with Gasteiger partial charge in [0, 0.05) is 112 Å². The summed E-state index contributed by atoms with van der Waals surface area (Å²) in [5.41, 5.74) is -5.09. The molecule has 0 aromatic heterocycles. The normalized spacial score (nSPS) is 39.8. The van der Waals surface area contributed by atoms with Gasteiger partial charge in [-0.1, -0.05) is 56.7 Å². The topological polar surface area (TPSA) is 195 Å². The number of benzene rings is 1. The number of amides is 1. The Bertz CT molecular complexity index is 1330. The van der Waals surface area contributed by atoms with Crippen LogP contribution in [0.4, 0.5) is 4.79 Å². The Kier molecular flexibility index (Phi) is 13.0. The molecule has 7 N–H and O–H groups in total. The van der Waals surface area contributed by atoms with Crippen molar-refractivity contribution >= 4 is 11.9 Å². The summed E-state index contributed by atoms with van der Waals surface area (Å²) >= 11 is 0. The number of nitrogens with one attached hydrogen (secondary N) is 1. The zero-order valence-corrected chi connectivity index (χ0v) is 36.6. The molecule has 2 saturated carbocycles. The molecule has 2 radical (unpaired) electrons. The number of Topliss-reactive ketones (excluding diaryl/α,β-unsaturated/α-hetero) is 1. The third kappa shape index (κ3) is 5.99. The molecule has 46 heavy (non-hydrogen) atoms. The third-order valence-electron chi connectivity index (χ3n) is 11.8. The van der Waals surface area contributed by atoms with Crippen molar-refractivity contribution in [1.29, 1.82) is 0 Å². The Morgan fingerprint density at radius 3 is 2.24 bits per heavy atom. The van der Waals surface area contributed by atoms with Crippen LogP contribution in [0.5, 0.6) is 0 Å². The molecule has 250 valence electrons. The van der Waals surface area contributed by atoms with Crippen molar-refractivity contribution in [2.75, 3.05) is 13.7 Å². The van der Waals surface area contributed by atoms with Crippen LogP contribution < -0.4 is 5.32 Å². The van der Waals surface area contributed by atoms with Gasteiger partial charge in [0.2, 0.25) is 0 Å². The van der Waals surface area contributed by atoms with Gasteiger partial charge in [-0.15, -0.1) is 0 Å². The van der Waals surface area contributed by atoms with Crippen molar-refractivity contribution in [2.45, 2.75) is 95.2 Å². The second-order valence-electron chi connectivity index (χ2n) is 13.9. The zero-order chi connectivity index (χ0) is 32.6. The van der Waals surface area contributed by atoms with E-state index in [2.05, 4.69) is 5.32 Å². The Morgan fingerprint density at radius 2 is 1.72 bits per heavy atom. The first-order valence-corrected chi connectivity index (χ1v) is 15.1. The van der Waals surface area contributed by atoms with Crippen molar-refractivity contribution in [3.05, 3.63) is 47.0 Å². The number of ether oxygens (including phenoxy) is 2. The largest absolute Gasteiger partial charge is 0.453 e. The average molecular weight is 1070 g/mol. The molecule has 12 atom stereocenters. The average Bonchev–Trinajstić information content (AvgIpc) is 2.99. The number of aliphatic hydroxyl groups is 5.